The van der Waals surface area contributed by atoms with Gasteiger partial charge in [-0.05, 0) is 25.7 Å². The first kappa shape index (κ1) is 25.4. The average Bonchev–Trinajstić information content (AvgIpc) is 2.63. The first-order valence-electron chi connectivity index (χ1n) is 11.1. The smallest absolute Gasteiger partial charge is 0.305 e. The molecule has 2 atom stereocenters. The molecule has 0 spiro atoms. The highest BCUT2D eigenvalue weighted by Gasteiger charge is 2.15. The van der Waals surface area contributed by atoms with Crippen LogP contribution in [0.4, 0.5) is 0 Å². The van der Waals surface area contributed by atoms with E-state index < -0.39 is 12.2 Å². The second kappa shape index (κ2) is 19.2. The molecule has 0 radical (unpaired) electrons. The first-order valence-corrected chi connectivity index (χ1v) is 11.1. The van der Waals surface area contributed by atoms with E-state index in [2.05, 4.69) is 13.8 Å². The number of hydrogen-bond donors (Lipinski definition) is 2. The summed E-state index contributed by atoms with van der Waals surface area (Å²) < 4.78 is 5.13. The van der Waals surface area contributed by atoms with Crippen molar-refractivity contribution < 1.29 is 19.7 Å². The second-order valence-corrected chi connectivity index (χ2v) is 7.57. The third kappa shape index (κ3) is 16.8. The van der Waals surface area contributed by atoms with Gasteiger partial charge in [0.05, 0.1) is 18.8 Å². The van der Waals surface area contributed by atoms with Crippen LogP contribution in [0, 0.1) is 0 Å². The van der Waals surface area contributed by atoms with Crippen molar-refractivity contribution in [3.05, 3.63) is 0 Å². The molecule has 156 valence electrons. The minimum absolute atomic E-state index is 0.0771. The lowest BCUT2D eigenvalue weighted by Crippen LogP contribution is -2.25. The van der Waals surface area contributed by atoms with E-state index in [1.807, 2.05) is 0 Å². The molecule has 2 N–H and O–H groups in total. The van der Waals surface area contributed by atoms with Crippen LogP contribution in [-0.2, 0) is 9.53 Å². The van der Waals surface area contributed by atoms with E-state index >= 15 is 0 Å². The van der Waals surface area contributed by atoms with Gasteiger partial charge in [-0.15, -0.1) is 0 Å². The largest absolute Gasteiger partial charge is 0.466 e. The Hall–Kier alpha value is -0.610. The van der Waals surface area contributed by atoms with Crippen molar-refractivity contribution in [2.75, 3.05) is 6.61 Å². The Kier molecular flexibility index (Phi) is 18.7. The molecule has 0 rings (SSSR count). The standard InChI is InChI=1S/C22H44O4/c1-3-5-7-8-10-13-16-20(23)21(24)17-14-11-9-12-15-18-22(25)26-19-6-4-2/h20-21,23-24H,3-19H2,1-2H3/t20-,21+/m1/s1. The van der Waals surface area contributed by atoms with Gasteiger partial charge in [-0.2, -0.15) is 0 Å². The highest BCUT2D eigenvalue weighted by atomic mass is 16.5. The zero-order chi connectivity index (χ0) is 19.5. The van der Waals surface area contributed by atoms with Crippen LogP contribution < -0.4 is 0 Å². The molecule has 0 aromatic carbocycles. The molecule has 0 fully saturated rings. The van der Waals surface area contributed by atoms with Gasteiger partial charge >= 0.3 is 5.97 Å². The maximum Gasteiger partial charge on any atom is 0.305 e. The molecule has 0 aromatic rings. The molecule has 26 heavy (non-hydrogen) atoms. The lowest BCUT2D eigenvalue weighted by molar-refractivity contribution is -0.143. The Morgan fingerprint density at radius 1 is 0.692 bits per heavy atom. The Morgan fingerprint density at radius 3 is 1.69 bits per heavy atom. The number of aliphatic hydroxyl groups excluding tert-OH is 2. The van der Waals surface area contributed by atoms with Crippen molar-refractivity contribution in [2.45, 2.75) is 129 Å². The van der Waals surface area contributed by atoms with Gasteiger partial charge in [0.1, 0.15) is 0 Å². The van der Waals surface area contributed by atoms with E-state index in [1.54, 1.807) is 0 Å². The lowest BCUT2D eigenvalue weighted by Gasteiger charge is -2.17. The number of aliphatic hydroxyl groups is 2. The molecule has 0 aliphatic carbocycles. The van der Waals surface area contributed by atoms with Gasteiger partial charge in [0.2, 0.25) is 0 Å². The molecule has 0 amide bonds. The van der Waals surface area contributed by atoms with Crippen LogP contribution in [-0.4, -0.2) is 35.0 Å². The highest BCUT2D eigenvalue weighted by molar-refractivity contribution is 5.69. The summed E-state index contributed by atoms with van der Waals surface area (Å²) >= 11 is 0. The molecule has 0 aliphatic heterocycles. The van der Waals surface area contributed by atoms with Crippen molar-refractivity contribution in [3.8, 4) is 0 Å². The van der Waals surface area contributed by atoms with E-state index in [-0.39, 0.29) is 5.97 Å². The van der Waals surface area contributed by atoms with Gasteiger partial charge in [0.15, 0.2) is 0 Å². The number of esters is 1. The van der Waals surface area contributed by atoms with Crippen LogP contribution in [0.15, 0.2) is 0 Å². The molecular formula is C22H44O4. The van der Waals surface area contributed by atoms with Gasteiger partial charge < -0.3 is 14.9 Å². The number of ether oxygens (including phenoxy) is 1. The Balaban J connectivity index is 3.41. The van der Waals surface area contributed by atoms with Crippen LogP contribution in [0.5, 0.6) is 0 Å². The molecule has 0 saturated heterocycles. The van der Waals surface area contributed by atoms with Crippen molar-refractivity contribution >= 4 is 5.97 Å². The summed E-state index contributed by atoms with van der Waals surface area (Å²) in [7, 11) is 0. The van der Waals surface area contributed by atoms with Crippen molar-refractivity contribution in [1.29, 1.82) is 0 Å². The van der Waals surface area contributed by atoms with E-state index in [1.165, 1.54) is 25.7 Å². The average molecular weight is 373 g/mol. The zero-order valence-corrected chi connectivity index (χ0v) is 17.4. The predicted molar refractivity (Wildman–Crippen MR) is 108 cm³/mol. The van der Waals surface area contributed by atoms with E-state index in [0.717, 1.165) is 57.8 Å². The topological polar surface area (TPSA) is 66.8 Å². The van der Waals surface area contributed by atoms with E-state index in [9.17, 15) is 15.0 Å². The summed E-state index contributed by atoms with van der Waals surface area (Å²) in [6.07, 6.45) is 15.0. The van der Waals surface area contributed by atoms with E-state index in [0.29, 0.717) is 25.9 Å². The summed E-state index contributed by atoms with van der Waals surface area (Å²) in [6, 6.07) is 0. The van der Waals surface area contributed by atoms with Crippen LogP contribution in [0.1, 0.15) is 117 Å². The van der Waals surface area contributed by atoms with Crippen LogP contribution in [0.3, 0.4) is 0 Å². The maximum absolute atomic E-state index is 11.4. The van der Waals surface area contributed by atoms with Gasteiger partial charge in [0.25, 0.3) is 0 Å². The Bertz CT molecular complexity index is 307. The summed E-state index contributed by atoms with van der Waals surface area (Å²) in [5.74, 6) is -0.0771. The van der Waals surface area contributed by atoms with Crippen LogP contribution in [0.2, 0.25) is 0 Å². The Labute approximate surface area is 161 Å². The molecule has 0 bridgehead atoms. The summed E-state index contributed by atoms with van der Waals surface area (Å²) in [5, 5.41) is 20.0. The number of carbonyl (C=O) groups is 1. The summed E-state index contributed by atoms with van der Waals surface area (Å²) in [5.41, 5.74) is 0. The fraction of sp³-hybridized carbons (Fsp3) is 0.955. The lowest BCUT2D eigenvalue weighted by atomic mass is 9.99. The van der Waals surface area contributed by atoms with Gasteiger partial charge in [-0.1, -0.05) is 84.5 Å². The normalized spacial score (nSPS) is 13.5. The van der Waals surface area contributed by atoms with Crippen molar-refractivity contribution in [3.63, 3.8) is 0 Å². The Morgan fingerprint density at radius 2 is 1.15 bits per heavy atom. The minimum Gasteiger partial charge on any atom is -0.466 e. The molecule has 0 heterocycles. The quantitative estimate of drug-likeness (QED) is 0.231. The second-order valence-electron chi connectivity index (χ2n) is 7.57. The fourth-order valence-corrected chi connectivity index (χ4v) is 3.07. The third-order valence-electron chi connectivity index (χ3n) is 4.94. The zero-order valence-electron chi connectivity index (χ0n) is 17.4. The first-order chi connectivity index (χ1) is 12.6. The summed E-state index contributed by atoms with van der Waals surface area (Å²) in [6.45, 7) is 4.84. The van der Waals surface area contributed by atoms with Gasteiger partial charge in [-0.25, -0.2) is 0 Å². The van der Waals surface area contributed by atoms with Crippen LogP contribution in [0.25, 0.3) is 0 Å². The minimum atomic E-state index is -0.584. The van der Waals surface area contributed by atoms with Crippen molar-refractivity contribution in [1.82, 2.24) is 0 Å². The molecule has 0 aromatic heterocycles. The SMILES string of the molecule is CCCCCCCC[C@@H](O)[C@@H](O)CCCCCCCC(=O)OCCCC. The molecular weight excluding hydrogens is 328 g/mol. The molecule has 0 saturated carbocycles. The number of rotatable bonds is 19. The van der Waals surface area contributed by atoms with E-state index in [4.69, 9.17) is 4.74 Å². The maximum atomic E-state index is 11.4. The van der Waals surface area contributed by atoms with Crippen LogP contribution >= 0.6 is 0 Å². The summed E-state index contributed by atoms with van der Waals surface area (Å²) in [4.78, 5) is 11.4. The highest BCUT2D eigenvalue weighted by Crippen LogP contribution is 2.15. The number of carbonyl (C=O) groups excluding carboxylic acids is 1. The third-order valence-corrected chi connectivity index (χ3v) is 4.94. The predicted octanol–water partition coefficient (Wildman–Crippen LogP) is 5.53. The number of unbranched alkanes of at least 4 members (excludes halogenated alkanes) is 10. The molecule has 0 unspecified atom stereocenters. The molecule has 4 heteroatoms. The molecule has 0 aliphatic rings. The number of hydrogen-bond acceptors (Lipinski definition) is 4. The van der Waals surface area contributed by atoms with Gasteiger partial charge in [-0.3, -0.25) is 4.79 Å². The monoisotopic (exact) mass is 372 g/mol. The van der Waals surface area contributed by atoms with Crippen molar-refractivity contribution in [2.24, 2.45) is 0 Å². The molecule has 4 nitrogen and oxygen atoms in total. The van der Waals surface area contributed by atoms with Gasteiger partial charge in [0, 0.05) is 6.42 Å². The fourth-order valence-electron chi connectivity index (χ4n) is 3.07.